The molecule has 1 unspecified atom stereocenters. The van der Waals surface area contributed by atoms with Crippen molar-refractivity contribution >= 4 is 72.1 Å². The number of nitrogen functional groups attached to an aromatic ring is 2. The van der Waals surface area contributed by atoms with Crippen molar-refractivity contribution in [3.05, 3.63) is 25.3 Å². The summed E-state index contributed by atoms with van der Waals surface area (Å²) in [5.41, 5.74) is 13.2. The van der Waals surface area contributed by atoms with Gasteiger partial charge in [0.25, 0.3) is 0 Å². The van der Waals surface area contributed by atoms with Crippen LogP contribution in [0.3, 0.4) is 0 Å². The summed E-state index contributed by atoms with van der Waals surface area (Å²) in [5, 5.41) is 0. The molecular weight excluding hydrogens is 649 g/mol. The van der Waals surface area contributed by atoms with Crippen LogP contribution in [0.15, 0.2) is 25.3 Å². The van der Waals surface area contributed by atoms with Gasteiger partial charge < -0.3 is 29.8 Å². The SMILES string of the molecule is Nc1ncnc2c1ncn2[C@@H]1CC2CO[P@@](=O)(S)O[C@H]3[C@@H](F)[C@H](n4cnc5c(N)ncnc54)O[C@@H]3CO[P@](=O)(S)OC[C@H]21. The van der Waals surface area contributed by atoms with Crippen molar-refractivity contribution in [1.82, 2.24) is 39.0 Å². The summed E-state index contributed by atoms with van der Waals surface area (Å²) in [7, 11) is 0. The van der Waals surface area contributed by atoms with Gasteiger partial charge in [0.2, 0.25) is 0 Å². The maximum Gasteiger partial charge on any atom is 0.386 e. The quantitative estimate of drug-likeness (QED) is 0.177. The number of nitrogens with two attached hydrogens (primary N) is 2. The third-order valence-corrected chi connectivity index (χ3v) is 11.1. The standard InChI is InChI=1S/C21H25FN10O7P2S2/c22-13-16-12(38-21(13)32-8-30-15-18(24)26-6-28-20(15)32)4-37-40(33,42)36-3-10-9(2-35-41(34,43)39-16)1-11(10)31-7-29-14-17(23)25-5-27-19(14)31/h5-13,16,21H,1-4H2,(H,33,42)(H,34,43)(H2,23,25,27)(H2,24,26,28)/t9?,10-,11-,12-,13-,16-,21-,40-,41-/m1/s1. The zero-order chi connectivity index (χ0) is 30.1. The first kappa shape index (κ1) is 29.3. The molecule has 4 N–H and O–H groups in total. The summed E-state index contributed by atoms with van der Waals surface area (Å²) in [4.78, 5) is 24.7. The molecule has 6 heterocycles. The molecule has 2 saturated heterocycles. The molecule has 0 amide bonds. The summed E-state index contributed by atoms with van der Waals surface area (Å²) < 4.78 is 74.0. The first-order chi connectivity index (χ1) is 20.5. The van der Waals surface area contributed by atoms with Gasteiger partial charge in [-0.25, -0.2) is 43.4 Å². The van der Waals surface area contributed by atoms with E-state index in [1.807, 2.05) is 4.57 Å². The van der Waals surface area contributed by atoms with E-state index in [4.69, 9.17) is 34.3 Å². The van der Waals surface area contributed by atoms with Crippen LogP contribution in [0.1, 0.15) is 18.7 Å². The summed E-state index contributed by atoms with van der Waals surface area (Å²) in [6.45, 7) is -8.76. The van der Waals surface area contributed by atoms with E-state index in [9.17, 15) is 9.13 Å². The van der Waals surface area contributed by atoms with Crippen molar-refractivity contribution in [3.63, 3.8) is 0 Å². The summed E-state index contributed by atoms with van der Waals surface area (Å²) in [5.74, 6) is -0.234. The highest BCUT2D eigenvalue weighted by atomic mass is 32.7. The van der Waals surface area contributed by atoms with Crippen LogP contribution in [-0.4, -0.2) is 77.2 Å². The van der Waals surface area contributed by atoms with Crippen molar-refractivity contribution < 1.29 is 36.4 Å². The zero-order valence-electron chi connectivity index (χ0n) is 21.9. The largest absolute Gasteiger partial charge is 0.386 e. The van der Waals surface area contributed by atoms with Gasteiger partial charge in [0.1, 0.15) is 35.9 Å². The predicted molar refractivity (Wildman–Crippen MR) is 155 cm³/mol. The van der Waals surface area contributed by atoms with E-state index < -0.39 is 44.8 Å². The van der Waals surface area contributed by atoms with E-state index in [2.05, 4.69) is 54.4 Å². The second-order valence-electron chi connectivity index (χ2n) is 10.3. The highest BCUT2D eigenvalue weighted by Gasteiger charge is 2.52. The third kappa shape index (κ3) is 5.32. The number of halogens is 1. The minimum atomic E-state index is -4.14. The Bertz CT molecular complexity index is 1800. The maximum absolute atomic E-state index is 16.0. The van der Waals surface area contributed by atoms with Crippen LogP contribution in [0.25, 0.3) is 22.3 Å². The lowest BCUT2D eigenvalue weighted by Gasteiger charge is -2.45. The summed E-state index contributed by atoms with van der Waals surface area (Å²) in [6, 6.07) is -0.215. The number of thiol groups is 2. The number of anilines is 2. The van der Waals surface area contributed by atoms with Gasteiger partial charge in [-0.2, -0.15) is 0 Å². The van der Waals surface area contributed by atoms with Crippen LogP contribution in [0.2, 0.25) is 0 Å². The van der Waals surface area contributed by atoms with Gasteiger partial charge in [-0.1, -0.05) is 24.5 Å². The van der Waals surface area contributed by atoms with Crippen molar-refractivity contribution in [2.75, 3.05) is 31.3 Å². The molecule has 4 aromatic rings. The number of hydrogen-bond acceptors (Lipinski definition) is 15. The van der Waals surface area contributed by atoms with Gasteiger partial charge in [-0.3, -0.25) is 13.6 Å². The number of fused-ring (bicyclic) bond motifs is 4. The van der Waals surface area contributed by atoms with E-state index in [0.717, 1.165) is 0 Å². The molecule has 17 nitrogen and oxygen atoms in total. The Morgan fingerprint density at radius 1 is 0.837 bits per heavy atom. The first-order valence-corrected chi connectivity index (χ1v) is 18.3. The topological polar surface area (TPSA) is 220 Å². The smallest absolute Gasteiger partial charge is 0.382 e. The van der Waals surface area contributed by atoms with Crippen molar-refractivity contribution in [3.8, 4) is 0 Å². The fourth-order valence-corrected chi connectivity index (χ4v) is 8.34. The Kier molecular flexibility index (Phi) is 7.42. The average molecular weight is 675 g/mol. The number of nitrogens with zero attached hydrogens (tertiary/aromatic N) is 8. The van der Waals surface area contributed by atoms with Gasteiger partial charge in [0.15, 0.2) is 35.3 Å². The van der Waals surface area contributed by atoms with Crippen molar-refractivity contribution in [1.29, 1.82) is 0 Å². The number of hydrogen-bond donors (Lipinski definition) is 4. The fourth-order valence-electron chi connectivity index (χ4n) is 5.64. The maximum atomic E-state index is 16.0. The van der Waals surface area contributed by atoms with Crippen molar-refractivity contribution in [2.24, 2.45) is 11.8 Å². The molecular formula is C21H25FN10O7P2S2. The monoisotopic (exact) mass is 674 g/mol. The minimum Gasteiger partial charge on any atom is -0.382 e. The highest BCUT2D eigenvalue weighted by molar-refractivity contribution is 8.44. The van der Waals surface area contributed by atoms with E-state index in [-0.39, 0.29) is 53.9 Å². The molecule has 0 aromatic carbocycles. The van der Waals surface area contributed by atoms with Gasteiger partial charge in [-0.15, -0.1) is 0 Å². The predicted octanol–water partition coefficient (Wildman–Crippen LogP) is 2.77. The number of ether oxygens (including phenoxy) is 1. The Labute approximate surface area is 252 Å². The van der Waals surface area contributed by atoms with Crippen LogP contribution in [-0.2, 0) is 32.0 Å². The van der Waals surface area contributed by atoms with E-state index in [0.29, 0.717) is 17.6 Å². The molecule has 3 aliphatic rings. The average Bonchev–Trinajstić information content (AvgIpc) is 3.64. The number of aromatic nitrogens is 8. The molecule has 230 valence electrons. The Morgan fingerprint density at radius 2 is 1.44 bits per heavy atom. The van der Waals surface area contributed by atoms with Gasteiger partial charge >= 0.3 is 13.6 Å². The van der Waals surface area contributed by atoms with E-state index in [1.165, 1.54) is 23.5 Å². The molecule has 1 saturated carbocycles. The second kappa shape index (κ2) is 10.9. The number of rotatable bonds is 2. The lowest BCUT2D eigenvalue weighted by Crippen LogP contribution is -2.43. The molecule has 1 aliphatic carbocycles. The fraction of sp³-hybridized carbons (Fsp3) is 0.524. The molecule has 4 aromatic heterocycles. The Hall–Kier alpha value is -2.41. The van der Waals surface area contributed by atoms with Gasteiger partial charge in [0.05, 0.1) is 32.5 Å². The molecule has 43 heavy (non-hydrogen) atoms. The molecule has 0 radical (unpaired) electrons. The Balaban J connectivity index is 1.14. The number of imidazole rings is 2. The van der Waals surface area contributed by atoms with Crippen LogP contribution in [0, 0.1) is 11.8 Å². The molecule has 7 rings (SSSR count). The highest BCUT2D eigenvalue weighted by Crippen LogP contribution is 2.60. The van der Waals surface area contributed by atoms with Crippen LogP contribution in [0.5, 0.6) is 0 Å². The molecule has 3 fully saturated rings. The number of alkyl halides is 1. The van der Waals surface area contributed by atoms with Crippen LogP contribution >= 0.6 is 38.1 Å². The normalized spacial score (nSPS) is 37.1. The molecule has 0 bridgehead atoms. The summed E-state index contributed by atoms with van der Waals surface area (Å²) in [6.07, 6.45) is -0.0820. The first-order valence-electron chi connectivity index (χ1n) is 12.9. The lowest BCUT2D eigenvalue weighted by molar-refractivity contribution is -0.0408. The van der Waals surface area contributed by atoms with Gasteiger partial charge in [-0.05, 0) is 12.3 Å². The van der Waals surface area contributed by atoms with E-state index >= 15 is 4.39 Å². The van der Waals surface area contributed by atoms with Crippen LogP contribution < -0.4 is 11.5 Å². The van der Waals surface area contributed by atoms with E-state index in [1.54, 1.807) is 6.33 Å². The molecule has 2 aliphatic heterocycles. The molecule has 9 atom stereocenters. The van der Waals surface area contributed by atoms with Crippen LogP contribution in [0.4, 0.5) is 16.0 Å². The minimum absolute atomic E-state index is 0.0666. The molecule has 22 heteroatoms. The summed E-state index contributed by atoms with van der Waals surface area (Å²) >= 11 is 8.24. The molecule has 0 spiro atoms. The lowest BCUT2D eigenvalue weighted by atomic mass is 9.70. The zero-order valence-corrected chi connectivity index (χ0v) is 25.5. The van der Waals surface area contributed by atoms with Gasteiger partial charge in [0, 0.05) is 12.0 Å². The third-order valence-electron chi connectivity index (χ3n) is 7.86. The Morgan fingerprint density at radius 3 is 2.14 bits per heavy atom. The second-order valence-corrected chi connectivity index (χ2v) is 16.1. The van der Waals surface area contributed by atoms with Crippen molar-refractivity contribution in [2.45, 2.75) is 37.1 Å².